The topological polar surface area (TPSA) is 52.6 Å². The molecule has 0 heterocycles. The Morgan fingerprint density at radius 2 is 1.23 bits per heavy atom. The number of methoxy groups -OCH3 is 2. The van der Waals surface area contributed by atoms with Crippen molar-refractivity contribution in [3.63, 3.8) is 0 Å². The Labute approximate surface area is 99.0 Å². The normalized spacial score (nSPS) is 7.08. The van der Waals surface area contributed by atoms with Crippen molar-refractivity contribution in [2.75, 3.05) is 25.7 Å². The van der Waals surface area contributed by atoms with E-state index in [0.29, 0.717) is 0 Å². The molecule has 0 spiro atoms. The average Bonchev–Trinajstić information content (AvgIpc) is 2.16. The molecule has 0 aliphatic carbocycles. The summed E-state index contributed by atoms with van der Waals surface area (Å²) in [7, 11) is 2.63. The number of hydrogen-bond acceptors (Lipinski definition) is 6. The number of carbonyl (C=O) groups excluding carboxylic acids is 2. The molecule has 0 N–H and O–H groups in total. The molecule has 7 heteroatoms. The minimum atomic E-state index is -0.343. The summed E-state index contributed by atoms with van der Waals surface area (Å²) in [5.41, 5.74) is 0. The first-order valence-corrected chi connectivity index (χ1v) is 4.07. The van der Waals surface area contributed by atoms with Crippen molar-refractivity contribution >= 4 is 37.2 Å². The molecule has 81 valence electrons. The van der Waals surface area contributed by atoms with Gasteiger partial charge in [-0.2, -0.15) is 0 Å². The maximum Gasteiger partial charge on any atom is 2.00 e. The van der Waals surface area contributed by atoms with Crippen LogP contribution < -0.4 is 0 Å². The van der Waals surface area contributed by atoms with Crippen LogP contribution in [0.25, 0.3) is 0 Å². The molecule has 0 fully saturated rings. The third kappa shape index (κ3) is 18.9. The quantitative estimate of drug-likeness (QED) is 0.381. The summed E-state index contributed by atoms with van der Waals surface area (Å²) in [6, 6.07) is 0. The van der Waals surface area contributed by atoms with Crippen molar-refractivity contribution in [2.24, 2.45) is 0 Å². The van der Waals surface area contributed by atoms with Crippen LogP contribution in [0.2, 0.25) is 0 Å². The molecule has 0 aromatic rings. The third-order valence-electron chi connectivity index (χ3n) is 0.691. The van der Waals surface area contributed by atoms with Crippen molar-refractivity contribution in [3.8, 4) is 0 Å². The van der Waals surface area contributed by atoms with Gasteiger partial charge in [0, 0.05) is 0 Å². The van der Waals surface area contributed by atoms with E-state index in [9.17, 15) is 9.59 Å². The van der Waals surface area contributed by atoms with Gasteiger partial charge in [0.05, 0.1) is 14.2 Å². The van der Waals surface area contributed by atoms with Gasteiger partial charge in [-0.25, -0.2) is 0 Å². The standard InChI is InChI=1S/2C3H6O2S.Cu/c2*1-5-3(4)2-6;/h2*6H,2H2,1H3;/q;;+2/p-2. The Bertz CT molecular complexity index is 115. The van der Waals surface area contributed by atoms with Gasteiger partial charge in [0.15, 0.2) is 0 Å². The van der Waals surface area contributed by atoms with Crippen LogP contribution in [-0.2, 0) is 61.4 Å². The zero-order valence-electron chi connectivity index (χ0n) is 7.17. The number of hydrogen-bond donors (Lipinski definition) is 0. The second-order valence-electron chi connectivity index (χ2n) is 1.44. The zero-order chi connectivity index (χ0) is 9.98. The number of rotatable bonds is 2. The summed E-state index contributed by atoms with van der Waals surface area (Å²) >= 11 is 8.60. The van der Waals surface area contributed by atoms with Gasteiger partial charge in [-0.15, -0.1) is 0 Å². The molecule has 0 aliphatic heterocycles. The van der Waals surface area contributed by atoms with Crippen LogP contribution in [0.4, 0.5) is 0 Å². The van der Waals surface area contributed by atoms with E-state index in [1.807, 2.05) is 0 Å². The fraction of sp³-hybridized carbons (Fsp3) is 0.667. The average molecular weight is 274 g/mol. The number of ether oxygens (including phenoxy) is 2. The molecule has 1 radical (unpaired) electrons. The molecule has 0 saturated carbocycles. The van der Waals surface area contributed by atoms with E-state index in [2.05, 4.69) is 34.7 Å². The minimum absolute atomic E-state index is 0. The van der Waals surface area contributed by atoms with Gasteiger partial charge in [0.25, 0.3) is 11.9 Å². The Hall–Kier alpha value is 0.159. The first kappa shape index (κ1) is 18.9. The van der Waals surface area contributed by atoms with Crippen molar-refractivity contribution in [2.45, 2.75) is 0 Å². The Morgan fingerprint density at radius 3 is 1.23 bits per heavy atom. The molecule has 4 nitrogen and oxygen atoms in total. The van der Waals surface area contributed by atoms with Crippen molar-refractivity contribution in [1.82, 2.24) is 0 Å². The Kier molecular flexibility index (Phi) is 21.3. The summed E-state index contributed by atoms with van der Waals surface area (Å²) < 4.78 is 8.31. The van der Waals surface area contributed by atoms with E-state index in [1.54, 1.807) is 0 Å². The van der Waals surface area contributed by atoms with Crippen LogP contribution in [0.5, 0.6) is 0 Å². The smallest absolute Gasteiger partial charge is 0.782 e. The largest absolute Gasteiger partial charge is 2.00 e. The van der Waals surface area contributed by atoms with Crippen LogP contribution >= 0.6 is 0 Å². The molecule has 0 unspecified atom stereocenters. The fourth-order valence-electron chi connectivity index (χ4n) is 0.118. The summed E-state index contributed by atoms with van der Waals surface area (Å²) in [6.45, 7) is 0. The second-order valence-corrected chi connectivity index (χ2v) is 2.02. The maximum absolute atomic E-state index is 9.85. The van der Waals surface area contributed by atoms with E-state index in [0.717, 1.165) is 0 Å². The van der Waals surface area contributed by atoms with E-state index in [-0.39, 0.29) is 40.5 Å². The molecule has 0 bridgehead atoms. The molecule has 0 rings (SSSR count). The molecular formula is C6H10CuO4S2. The van der Waals surface area contributed by atoms with E-state index < -0.39 is 0 Å². The minimum Gasteiger partial charge on any atom is -0.782 e. The van der Waals surface area contributed by atoms with Gasteiger partial charge in [-0.1, -0.05) is 11.5 Å². The van der Waals surface area contributed by atoms with Gasteiger partial charge in [-0.3, -0.25) is 9.59 Å². The van der Waals surface area contributed by atoms with Crippen LogP contribution in [0.15, 0.2) is 0 Å². The summed E-state index contributed by atoms with van der Waals surface area (Å²) in [5, 5.41) is 0. The van der Waals surface area contributed by atoms with Crippen LogP contribution in [0.3, 0.4) is 0 Å². The molecule has 13 heavy (non-hydrogen) atoms. The first-order chi connectivity index (χ1) is 5.62. The van der Waals surface area contributed by atoms with E-state index in [1.165, 1.54) is 14.2 Å². The maximum atomic E-state index is 9.85. The summed E-state index contributed by atoms with van der Waals surface area (Å²) in [6.07, 6.45) is 0. The molecule has 0 aromatic carbocycles. The van der Waals surface area contributed by atoms with E-state index in [4.69, 9.17) is 0 Å². The predicted octanol–water partition coefficient (Wildman–Crippen LogP) is -0.590. The first-order valence-electron chi connectivity index (χ1n) is 2.92. The molecular weight excluding hydrogens is 264 g/mol. The van der Waals surface area contributed by atoms with Gasteiger partial charge < -0.3 is 34.7 Å². The Morgan fingerprint density at radius 1 is 1.00 bits per heavy atom. The third-order valence-corrected chi connectivity index (χ3v) is 1.16. The van der Waals surface area contributed by atoms with Crippen molar-refractivity contribution < 1.29 is 36.1 Å². The number of esters is 2. The Balaban J connectivity index is -0.000000143. The summed E-state index contributed by atoms with van der Waals surface area (Å²) in [5.74, 6) is -0.581. The van der Waals surface area contributed by atoms with Gasteiger partial charge in [0.2, 0.25) is 0 Å². The summed E-state index contributed by atoms with van der Waals surface area (Å²) in [4.78, 5) is 19.7. The van der Waals surface area contributed by atoms with Crippen molar-refractivity contribution in [1.29, 1.82) is 0 Å². The van der Waals surface area contributed by atoms with Gasteiger partial charge >= 0.3 is 17.1 Å². The van der Waals surface area contributed by atoms with Crippen LogP contribution in [-0.4, -0.2) is 37.7 Å². The van der Waals surface area contributed by atoms with Crippen LogP contribution in [0, 0.1) is 0 Å². The van der Waals surface area contributed by atoms with Gasteiger partial charge in [0.1, 0.15) is 0 Å². The van der Waals surface area contributed by atoms with Crippen LogP contribution in [0.1, 0.15) is 0 Å². The monoisotopic (exact) mass is 273 g/mol. The fourth-order valence-corrected chi connectivity index (χ4v) is 0.354. The number of carbonyl (C=O) groups is 2. The second kappa shape index (κ2) is 14.7. The molecule has 0 amide bonds. The molecule has 0 atom stereocenters. The van der Waals surface area contributed by atoms with Gasteiger partial charge in [-0.05, 0) is 0 Å². The van der Waals surface area contributed by atoms with Crippen molar-refractivity contribution in [3.05, 3.63) is 0 Å². The molecule has 0 aromatic heterocycles. The SMILES string of the molecule is COC(=O)C[S-].COC(=O)C[S-].[Cu+2]. The predicted molar refractivity (Wildman–Crippen MR) is 48.5 cm³/mol. The molecule has 0 aliphatic rings. The molecule has 0 saturated heterocycles. The zero-order valence-corrected chi connectivity index (χ0v) is 9.74. The van der Waals surface area contributed by atoms with E-state index >= 15 is 0 Å².